The number of ether oxygens (including phenoxy) is 1. The van der Waals surface area contributed by atoms with E-state index in [1.165, 1.54) is 4.88 Å². The summed E-state index contributed by atoms with van der Waals surface area (Å²) in [5, 5.41) is 4.30. The number of rotatable bonds is 6. The van der Waals surface area contributed by atoms with Crippen LogP contribution in [0.4, 0.5) is 10.8 Å². The van der Waals surface area contributed by atoms with Crippen LogP contribution in [0.5, 0.6) is 5.75 Å². The lowest BCUT2D eigenvalue weighted by atomic mass is 10.1. The van der Waals surface area contributed by atoms with Crippen molar-refractivity contribution in [3.05, 3.63) is 59.5 Å². The fourth-order valence-corrected chi connectivity index (χ4v) is 3.37. The lowest BCUT2D eigenvalue weighted by Gasteiger charge is -2.09. The van der Waals surface area contributed by atoms with Gasteiger partial charge in [-0.15, -0.1) is 11.3 Å². The van der Waals surface area contributed by atoms with E-state index in [1.807, 2.05) is 49.4 Å². The van der Waals surface area contributed by atoms with Crippen LogP contribution >= 0.6 is 11.3 Å². The van der Waals surface area contributed by atoms with Gasteiger partial charge in [-0.1, -0.05) is 49.4 Å². The Kier molecular flexibility index (Phi) is 4.93. The Labute approximate surface area is 141 Å². The smallest absolute Gasteiger partial charge is 0.188 e. The van der Waals surface area contributed by atoms with Crippen molar-refractivity contribution in [2.45, 2.75) is 20.3 Å². The molecule has 0 spiro atoms. The zero-order chi connectivity index (χ0) is 16.1. The predicted octanol–water partition coefficient (Wildman–Crippen LogP) is 5.51. The summed E-state index contributed by atoms with van der Waals surface area (Å²) in [6, 6.07) is 18.3. The molecule has 1 heterocycles. The van der Waals surface area contributed by atoms with Gasteiger partial charge in [-0.25, -0.2) is 4.98 Å². The summed E-state index contributed by atoms with van der Waals surface area (Å²) in [4.78, 5) is 6.08. The summed E-state index contributed by atoms with van der Waals surface area (Å²) in [7, 11) is 0. The summed E-state index contributed by atoms with van der Waals surface area (Å²) >= 11 is 1.70. The van der Waals surface area contributed by atoms with Gasteiger partial charge >= 0.3 is 0 Å². The highest BCUT2D eigenvalue weighted by atomic mass is 32.1. The first-order chi connectivity index (χ1) is 11.3. The standard InChI is InChI=1S/C19H20N2OS/c1-3-17-18(14-10-6-5-7-11-14)21-19(23-17)20-15-12-8-9-13-16(15)22-4-2/h5-13H,3-4H2,1-2H3,(H,20,21). The van der Waals surface area contributed by atoms with Crippen LogP contribution < -0.4 is 10.1 Å². The first-order valence-electron chi connectivity index (χ1n) is 7.85. The average Bonchev–Trinajstić information content (AvgIpc) is 3.01. The maximum atomic E-state index is 5.67. The summed E-state index contributed by atoms with van der Waals surface area (Å²) in [6.45, 7) is 4.80. The molecule has 118 valence electrons. The molecule has 0 atom stereocenters. The van der Waals surface area contributed by atoms with Crippen LogP contribution in [0.15, 0.2) is 54.6 Å². The van der Waals surface area contributed by atoms with Crippen molar-refractivity contribution in [1.29, 1.82) is 0 Å². The van der Waals surface area contributed by atoms with Gasteiger partial charge in [0.2, 0.25) is 0 Å². The van der Waals surface area contributed by atoms with Gasteiger partial charge in [0.1, 0.15) is 5.75 Å². The van der Waals surface area contributed by atoms with Crippen molar-refractivity contribution in [3.8, 4) is 17.0 Å². The molecule has 0 aliphatic carbocycles. The average molecular weight is 324 g/mol. The summed E-state index contributed by atoms with van der Waals surface area (Å²) < 4.78 is 5.67. The molecule has 0 radical (unpaired) electrons. The molecular formula is C19H20N2OS. The Hall–Kier alpha value is -2.33. The van der Waals surface area contributed by atoms with Crippen LogP contribution in [0.1, 0.15) is 18.7 Å². The minimum absolute atomic E-state index is 0.645. The SMILES string of the molecule is CCOc1ccccc1Nc1nc(-c2ccccc2)c(CC)s1. The summed E-state index contributed by atoms with van der Waals surface area (Å²) in [6.07, 6.45) is 0.969. The van der Waals surface area contributed by atoms with Gasteiger partial charge in [0.15, 0.2) is 5.13 Å². The van der Waals surface area contributed by atoms with E-state index in [-0.39, 0.29) is 0 Å². The quantitative estimate of drug-likeness (QED) is 0.648. The number of benzene rings is 2. The minimum Gasteiger partial charge on any atom is -0.492 e. The zero-order valence-corrected chi connectivity index (χ0v) is 14.2. The molecule has 0 unspecified atom stereocenters. The molecule has 0 aliphatic rings. The lowest BCUT2D eigenvalue weighted by Crippen LogP contribution is -1.97. The van der Waals surface area contributed by atoms with E-state index >= 15 is 0 Å². The monoisotopic (exact) mass is 324 g/mol. The van der Waals surface area contributed by atoms with Crippen molar-refractivity contribution in [1.82, 2.24) is 4.98 Å². The van der Waals surface area contributed by atoms with E-state index in [2.05, 4.69) is 24.4 Å². The van der Waals surface area contributed by atoms with Gasteiger partial charge in [0, 0.05) is 10.4 Å². The topological polar surface area (TPSA) is 34.1 Å². The number of aromatic nitrogens is 1. The number of nitrogens with one attached hydrogen (secondary N) is 1. The maximum Gasteiger partial charge on any atom is 0.188 e. The van der Waals surface area contributed by atoms with Crippen LogP contribution in [-0.4, -0.2) is 11.6 Å². The van der Waals surface area contributed by atoms with Crippen LogP contribution in [0.25, 0.3) is 11.3 Å². The Morgan fingerprint density at radius 3 is 2.48 bits per heavy atom. The van der Waals surface area contributed by atoms with E-state index < -0.39 is 0 Å². The fourth-order valence-electron chi connectivity index (χ4n) is 2.43. The third-order valence-electron chi connectivity index (χ3n) is 3.49. The van der Waals surface area contributed by atoms with Gasteiger partial charge < -0.3 is 10.1 Å². The molecule has 0 bridgehead atoms. The normalized spacial score (nSPS) is 10.5. The molecule has 2 aromatic carbocycles. The van der Waals surface area contributed by atoms with E-state index in [1.54, 1.807) is 11.3 Å². The second-order valence-corrected chi connectivity index (χ2v) is 6.15. The van der Waals surface area contributed by atoms with Crippen LogP contribution in [0.2, 0.25) is 0 Å². The van der Waals surface area contributed by atoms with Crippen LogP contribution in [0, 0.1) is 0 Å². The maximum absolute atomic E-state index is 5.67. The number of nitrogens with zero attached hydrogens (tertiary/aromatic N) is 1. The van der Waals surface area contributed by atoms with Crippen molar-refractivity contribution >= 4 is 22.2 Å². The molecule has 3 aromatic rings. The highest BCUT2D eigenvalue weighted by Gasteiger charge is 2.13. The number of hydrogen-bond acceptors (Lipinski definition) is 4. The predicted molar refractivity (Wildman–Crippen MR) is 97.8 cm³/mol. The number of thiazole rings is 1. The number of hydrogen-bond donors (Lipinski definition) is 1. The van der Waals surface area contributed by atoms with Crippen molar-refractivity contribution in [2.24, 2.45) is 0 Å². The van der Waals surface area contributed by atoms with E-state index in [0.717, 1.165) is 34.2 Å². The molecule has 0 amide bonds. The molecule has 0 saturated heterocycles. The lowest BCUT2D eigenvalue weighted by molar-refractivity contribution is 0.342. The highest BCUT2D eigenvalue weighted by molar-refractivity contribution is 7.16. The molecule has 0 aliphatic heterocycles. The zero-order valence-electron chi connectivity index (χ0n) is 13.4. The third kappa shape index (κ3) is 3.54. The Morgan fingerprint density at radius 2 is 1.74 bits per heavy atom. The molecule has 3 nitrogen and oxygen atoms in total. The molecule has 1 N–H and O–H groups in total. The van der Waals surface area contributed by atoms with Crippen LogP contribution in [-0.2, 0) is 6.42 Å². The Morgan fingerprint density at radius 1 is 1.00 bits per heavy atom. The second-order valence-electron chi connectivity index (χ2n) is 5.06. The first kappa shape index (κ1) is 15.6. The highest BCUT2D eigenvalue weighted by Crippen LogP contribution is 2.35. The Balaban J connectivity index is 1.92. The van der Waals surface area contributed by atoms with Crippen LogP contribution in [0.3, 0.4) is 0 Å². The van der Waals surface area contributed by atoms with Gasteiger partial charge in [-0.05, 0) is 25.5 Å². The van der Waals surface area contributed by atoms with E-state index in [4.69, 9.17) is 9.72 Å². The third-order valence-corrected chi connectivity index (χ3v) is 4.61. The fraction of sp³-hybridized carbons (Fsp3) is 0.211. The molecule has 4 heteroatoms. The first-order valence-corrected chi connectivity index (χ1v) is 8.67. The minimum atomic E-state index is 0.645. The number of para-hydroxylation sites is 2. The molecule has 23 heavy (non-hydrogen) atoms. The molecule has 3 rings (SSSR count). The number of anilines is 2. The van der Waals surface area contributed by atoms with Gasteiger partial charge in [-0.3, -0.25) is 0 Å². The van der Waals surface area contributed by atoms with Crippen molar-refractivity contribution in [3.63, 3.8) is 0 Å². The van der Waals surface area contributed by atoms with E-state index in [0.29, 0.717) is 6.61 Å². The van der Waals surface area contributed by atoms with Crippen molar-refractivity contribution in [2.75, 3.05) is 11.9 Å². The van der Waals surface area contributed by atoms with Gasteiger partial charge in [0.05, 0.1) is 18.0 Å². The largest absolute Gasteiger partial charge is 0.492 e. The molecular weight excluding hydrogens is 304 g/mol. The summed E-state index contributed by atoms with van der Waals surface area (Å²) in [5.41, 5.74) is 3.17. The van der Waals surface area contributed by atoms with Gasteiger partial charge in [0.25, 0.3) is 0 Å². The Bertz CT molecular complexity index is 768. The second kappa shape index (κ2) is 7.29. The number of aryl methyl sites for hydroxylation is 1. The van der Waals surface area contributed by atoms with Gasteiger partial charge in [-0.2, -0.15) is 0 Å². The molecule has 0 saturated carbocycles. The molecule has 1 aromatic heterocycles. The molecule has 0 fully saturated rings. The summed E-state index contributed by atoms with van der Waals surface area (Å²) in [5.74, 6) is 0.851. The van der Waals surface area contributed by atoms with E-state index in [9.17, 15) is 0 Å². The van der Waals surface area contributed by atoms with Crippen molar-refractivity contribution < 1.29 is 4.74 Å².